The standard InChI is InChI=1S/C15H21F2NO/c16-13-6-5-12(14(17)9-13)10-18-11-15(19)7-3-1-2-4-8-15/h5-6,9,18-19H,1-4,7-8,10-11H2. The van der Waals surface area contributed by atoms with Crippen LogP contribution in [0.2, 0.25) is 0 Å². The SMILES string of the molecule is OC1(CNCc2ccc(F)cc2F)CCCCCC1. The van der Waals surface area contributed by atoms with Crippen LogP contribution in [0, 0.1) is 11.6 Å². The Labute approximate surface area is 112 Å². The fourth-order valence-electron chi connectivity index (χ4n) is 2.66. The van der Waals surface area contributed by atoms with E-state index in [2.05, 4.69) is 5.32 Å². The molecule has 0 unspecified atom stereocenters. The average molecular weight is 269 g/mol. The molecule has 1 aromatic rings. The zero-order valence-corrected chi connectivity index (χ0v) is 11.1. The predicted molar refractivity (Wildman–Crippen MR) is 70.7 cm³/mol. The molecule has 1 aliphatic rings. The van der Waals surface area contributed by atoms with Gasteiger partial charge < -0.3 is 10.4 Å². The molecule has 4 heteroatoms. The first-order valence-corrected chi connectivity index (χ1v) is 6.96. The molecule has 0 atom stereocenters. The summed E-state index contributed by atoms with van der Waals surface area (Å²) in [5.41, 5.74) is -0.244. The van der Waals surface area contributed by atoms with E-state index >= 15 is 0 Å². The summed E-state index contributed by atoms with van der Waals surface area (Å²) in [7, 11) is 0. The van der Waals surface area contributed by atoms with Crippen molar-refractivity contribution in [2.45, 2.75) is 50.7 Å². The lowest BCUT2D eigenvalue weighted by molar-refractivity contribution is 0.0250. The van der Waals surface area contributed by atoms with Gasteiger partial charge in [-0.3, -0.25) is 0 Å². The van der Waals surface area contributed by atoms with Gasteiger partial charge in [0.05, 0.1) is 5.60 Å². The highest BCUT2D eigenvalue weighted by molar-refractivity contribution is 5.18. The summed E-state index contributed by atoms with van der Waals surface area (Å²) in [4.78, 5) is 0. The summed E-state index contributed by atoms with van der Waals surface area (Å²) in [5.74, 6) is -1.11. The quantitative estimate of drug-likeness (QED) is 0.823. The van der Waals surface area contributed by atoms with Crippen molar-refractivity contribution < 1.29 is 13.9 Å². The van der Waals surface area contributed by atoms with Gasteiger partial charge in [0.2, 0.25) is 0 Å². The van der Waals surface area contributed by atoms with E-state index in [0.29, 0.717) is 18.7 Å². The fraction of sp³-hybridized carbons (Fsp3) is 0.600. The van der Waals surface area contributed by atoms with Crippen molar-refractivity contribution >= 4 is 0 Å². The van der Waals surface area contributed by atoms with Crippen LogP contribution in [-0.4, -0.2) is 17.3 Å². The number of nitrogens with one attached hydrogen (secondary N) is 1. The zero-order valence-electron chi connectivity index (χ0n) is 11.1. The van der Waals surface area contributed by atoms with Crippen LogP contribution in [-0.2, 0) is 6.54 Å². The van der Waals surface area contributed by atoms with Gasteiger partial charge in [0, 0.05) is 24.7 Å². The van der Waals surface area contributed by atoms with Gasteiger partial charge in [-0.1, -0.05) is 31.7 Å². The Hall–Kier alpha value is -1.00. The van der Waals surface area contributed by atoms with E-state index in [-0.39, 0.29) is 0 Å². The molecule has 0 saturated heterocycles. The number of aliphatic hydroxyl groups is 1. The molecule has 2 N–H and O–H groups in total. The maximum Gasteiger partial charge on any atom is 0.130 e. The molecule has 106 valence electrons. The third kappa shape index (κ3) is 4.25. The molecular weight excluding hydrogens is 248 g/mol. The minimum absolute atomic E-state index is 0.314. The first-order chi connectivity index (χ1) is 9.09. The Kier molecular flexibility index (Phi) is 4.88. The Balaban J connectivity index is 1.85. The minimum Gasteiger partial charge on any atom is -0.389 e. The average Bonchev–Trinajstić information content (AvgIpc) is 2.57. The van der Waals surface area contributed by atoms with E-state index in [9.17, 15) is 13.9 Å². The number of halogens is 2. The van der Waals surface area contributed by atoms with Crippen LogP contribution in [0.25, 0.3) is 0 Å². The molecule has 1 saturated carbocycles. The molecule has 19 heavy (non-hydrogen) atoms. The topological polar surface area (TPSA) is 32.3 Å². The van der Waals surface area contributed by atoms with Gasteiger partial charge in [0.25, 0.3) is 0 Å². The predicted octanol–water partition coefficient (Wildman–Crippen LogP) is 3.14. The maximum absolute atomic E-state index is 13.4. The Morgan fingerprint density at radius 2 is 1.79 bits per heavy atom. The molecule has 1 aliphatic carbocycles. The molecule has 2 rings (SSSR count). The van der Waals surface area contributed by atoms with Crippen molar-refractivity contribution in [1.82, 2.24) is 5.32 Å². The maximum atomic E-state index is 13.4. The van der Waals surface area contributed by atoms with Crippen molar-refractivity contribution in [1.29, 1.82) is 0 Å². The van der Waals surface area contributed by atoms with Gasteiger partial charge in [-0.2, -0.15) is 0 Å². The summed E-state index contributed by atoms with van der Waals surface area (Å²) < 4.78 is 26.2. The highest BCUT2D eigenvalue weighted by Gasteiger charge is 2.27. The highest BCUT2D eigenvalue weighted by Crippen LogP contribution is 2.26. The van der Waals surface area contributed by atoms with Crippen LogP contribution in [0.15, 0.2) is 18.2 Å². The Morgan fingerprint density at radius 3 is 2.42 bits per heavy atom. The van der Waals surface area contributed by atoms with Crippen molar-refractivity contribution in [2.24, 2.45) is 0 Å². The van der Waals surface area contributed by atoms with Crippen molar-refractivity contribution in [3.05, 3.63) is 35.4 Å². The van der Waals surface area contributed by atoms with E-state index in [1.54, 1.807) is 0 Å². The lowest BCUT2D eigenvalue weighted by Gasteiger charge is -2.27. The Morgan fingerprint density at radius 1 is 1.11 bits per heavy atom. The van der Waals surface area contributed by atoms with Gasteiger partial charge in [-0.15, -0.1) is 0 Å². The Bertz CT molecular complexity index is 415. The summed E-state index contributed by atoms with van der Waals surface area (Å²) in [6.45, 7) is 0.776. The first kappa shape index (κ1) is 14.4. The lowest BCUT2D eigenvalue weighted by atomic mass is 9.94. The summed E-state index contributed by atoms with van der Waals surface area (Å²) in [6, 6.07) is 3.58. The third-order valence-electron chi connectivity index (χ3n) is 3.82. The molecule has 0 heterocycles. The highest BCUT2D eigenvalue weighted by atomic mass is 19.1. The van der Waals surface area contributed by atoms with E-state index in [4.69, 9.17) is 0 Å². The monoisotopic (exact) mass is 269 g/mol. The van der Waals surface area contributed by atoms with Crippen molar-refractivity contribution in [3.63, 3.8) is 0 Å². The van der Waals surface area contributed by atoms with Gasteiger partial charge in [0.1, 0.15) is 11.6 Å². The van der Waals surface area contributed by atoms with E-state index in [1.807, 2.05) is 0 Å². The number of hydrogen-bond acceptors (Lipinski definition) is 2. The zero-order chi connectivity index (χ0) is 13.7. The van der Waals surface area contributed by atoms with Crippen LogP contribution >= 0.6 is 0 Å². The van der Waals surface area contributed by atoms with Crippen LogP contribution in [0.5, 0.6) is 0 Å². The second-order valence-corrected chi connectivity index (χ2v) is 5.48. The molecule has 0 radical (unpaired) electrons. The van der Waals surface area contributed by atoms with Crippen molar-refractivity contribution in [2.75, 3.05) is 6.54 Å². The van der Waals surface area contributed by atoms with E-state index in [0.717, 1.165) is 31.7 Å². The molecule has 1 aromatic carbocycles. The first-order valence-electron chi connectivity index (χ1n) is 6.96. The lowest BCUT2D eigenvalue weighted by Crippen LogP contribution is -2.40. The van der Waals surface area contributed by atoms with Crippen LogP contribution in [0.4, 0.5) is 8.78 Å². The fourth-order valence-corrected chi connectivity index (χ4v) is 2.66. The van der Waals surface area contributed by atoms with Crippen molar-refractivity contribution in [3.8, 4) is 0 Å². The molecule has 2 nitrogen and oxygen atoms in total. The second kappa shape index (κ2) is 6.44. The van der Waals surface area contributed by atoms with Gasteiger partial charge in [-0.05, 0) is 18.9 Å². The number of hydrogen-bond donors (Lipinski definition) is 2. The molecule has 0 aromatic heterocycles. The summed E-state index contributed by atoms with van der Waals surface area (Å²) in [5, 5.41) is 13.5. The molecule has 0 spiro atoms. The normalized spacial score (nSPS) is 19.1. The summed E-state index contributed by atoms with van der Waals surface area (Å²) in [6.07, 6.45) is 6.04. The van der Waals surface area contributed by atoms with Crippen LogP contribution < -0.4 is 5.32 Å². The summed E-state index contributed by atoms with van der Waals surface area (Å²) >= 11 is 0. The van der Waals surface area contributed by atoms with E-state index < -0.39 is 17.2 Å². The molecule has 1 fully saturated rings. The molecule has 0 aliphatic heterocycles. The van der Waals surface area contributed by atoms with Crippen LogP contribution in [0.3, 0.4) is 0 Å². The molecule has 0 bridgehead atoms. The van der Waals surface area contributed by atoms with Gasteiger partial charge >= 0.3 is 0 Å². The van der Waals surface area contributed by atoms with Gasteiger partial charge in [0.15, 0.2) is 0 Å². The van der Waals surface area contributed by atoms with E-state index in [1.165, 1.54) is 25.0 Å². The van der Waals surface area contributed by atoms with Gasteiger partial charge in [-0.25, -0.2) is 8.78 Å². The second-order valence-electron chi connectivity index (χ2n) is 5.48. The number of rotatable bonds is 4. The largest absolute Gasteiger partial charge is 0.389 e. The smallest absolute Gasteiger partial charge is 0.130 e. The third-order valence-corrected chi connectivity index (χ3v) is 3.82. The number of benzene rings is 1. The minimum atomic E-state index is -0.674. The molecular formula is C15H21F2NO. The molecule has 0 amide bonds. The van der Waals surface area contributed by atoms with Crippen LogP contribution in [0.1, 0.15) is 44.1 Å².